The summed E-state index contributed by atoms with van der Waals surface area (Å²) < 4.78 is 20.1. The number of thiophene rings is 1. The van der Waals surface area contributed by atoms with Crippen LogP contribution in [0, 0.1) is 12.9 Å². The average Bonchev–Trinajstić information content (AvgIpc) is 3.29. The number of carbonyl (C=O) groups excluding carboxylic acids is 1. The summed E-state index contributed by atoms with van der Waals surface area (Å²) in [5.41, 5.74) is 3.62. The first kappa shape index (κ1) is 26.6. The highest BCUT2D eigenvalue weighted by Crippen LogP contribution is 2.39. The number of nitrogens with zero attached hydrogens (tertiary/aromatic N) is 2. The molecule has 1 aliphatic carbocycles. The van der Waals surface area contributed by atoms with Crippen molar-refractivity contribution in [2.75, 3.05) is 14.2 Å². The smallest absolute Gasteiger partial charge is 0.266 e. The molecule has 8 heteroatoms. The van der Waals surface area contributed by atoms with Gasteiger partial charge in [-0.15, -0.1) is 11.3 Å². The minimum absolute atomic E-state index is 0.0561. The van der Waals surface area contributed by atoms with E-state index in [0.717, 1.165) is 58.0 Å². The van der Waals surface area contributed by atoms with E-state index in [1.165, 1.54) is 23.6 Å². The minimum Gasteiger partial charge on any atom is -0.496 e. The van der Waals surface area contributed by atoms with Crippen LogP contribution in [-0.2, 0) is 6.54 Å². The second kappa shape index (κ2) is 11.4. The molecule has 0 saturated heterocycles. The molecule has 1 amide bonds. The summed E-state index contributed by atoms with van der Waals surface area (Å²) >= 11 is 8.31. The van der Waals surface area contributed by atoms with E-state index < -0.39 is 5.95 Å². The van der Waals surface area contributed by atoms with Gasteiger partial charge in [0.25, 0.3) is 5.91 Å². The van der Waals surface area contributed by atoms with E-state index in [4.69, 9.17) is 16.3 Å². The van der Waals surface area contributed by atoms with Crippen LogP contribution in [-0.4, -0.2) is 42.0 Å². The Morgan fingerprint density at radius 2 is 1.92 bits per heavy atom. The highest BCUT2D eigenvalue weighted by atomic mass is 35.5. The van der Waals surface area contributed by atoms with Crippen LogP contribution in [0.3, 0.4) is 0 Å². The summed E-state index contributed by atoms with van der Waals surface area (Å²) in [5.74, 6) is 0.120. The van der Waals surface area contributed by atoms with Gasteiger partial charge in [-0.1, -0.05) is 29.8 Å². The van der Waals surface area contributed by atoms with Crippen molar-refractivity contribution in [3.05, 3.63) is 81.7 Å². The number of carbonyl (C=O) groups is 1. The molecule has 0 aliphatic heterocycles. The van der Waals surface area contributed by atoms with E-state index in [1.807, 2.05) is 55.3 Å². The van der Waals surface area contributed by atoms with Gasteiger partial charge in [0.15, 0.2) is 0 Å². The molecule has 1 fully saturated rings. The number of amides is 1. The predicted octanol–water partition coefficient (Wildman–Crippen LogP) is 7.25. The Balaban J connectivity index is 1.54. The molecule has 2 heterocycles. The number of ether oxygens (including phenoxy) is 1. The number of hydrogen-bond acceptors (Lipinski definition) is 5. The zero-order valence-electron chi connectivity index (χ0n) is 21.8. The molecule has 5 rings (SSSR count). The van der Waals surface area contributed by atoms with Crippen molar-refractivity contribution in [2.45, 2.75) is 51.2 Å². The standard InChI is InChI=1S/C30H31ClFN3O2S/c1-18-5-4-6-25-27(18)28(31)29(38-25)30(36)35(23-11-9-22(33-2)10-12-23)17-21-15-19(7-13-24(21)37-3)20-8-14-26(32)34-16-20/h4-8,13-16,22-23,33H,9-12,17H2,1-3H3. The molecule has 38 heavy (non-hydrogen) atoms. The van der Waals surface area contributed by atoms with Crippen molar-refractivity contribution >= 4 is 38.9 Å². The van der Waals surface area contributed by atoms with Crippen LogP contribution in [0.5, 0.6) is 5.75 Å². The highest BCUT2D eigenvalue weighted by Gasteiger charge is 2.32. The number of benzene rings is 2. The maximum Gasteiger partial charge on any atom is 0.266 e. The summed E-state index contributed by atoms with van der Waals surface area (Å²) in [6.07, 6.45) is 5.33. The SMILES string of the molecule is CNC1CCC(N(Cc2cc(-c3ccc(F)nc3)ccc2OC)C(=O)c2sc3cccc(C)c3c2Cl)CC1. The zero-order chi connectivity index (χ0) is 26.8. The number of halogens is 2. The Labute approximate surface area is 231 Å². The molecule has 1 saturated carbocycles. The third-order valence-electron chi connectivity index (χ3n) is 7.55. The summed E-state index contributed by atoms with van der Waals surface area (Å²) in [6.45, 7) is 2.40. The molecule has 2 aromatic carbocycles. The molecular weight excluding hydrogens is 521 g/mol. The van der Waals surface area contributed by atoms with Crippen LogP contribution in [0.25, 0.3) is 21.2 Å². The first-order chi connectivity index (χ1) is 18.4. The molecule has 1 aliphatic rings. The van der Waals surface area contributed by atoms with Crippen LogP contribution in [0.4, 0.5) is 4.39 Å². The fourth-order valence-electron chi connectivity index (χ4n) is 5.40. The van der Waals surface area contributed by atoms with Gasteiger partial charge in [0, 0.05) is 46.0 Å². The Bertz CT molecular complexity index is 1450. The molecule has 198 valence electrons. The Morgan fingerprint density at radius 3 is 2.58 bits per heavy atom. The second-order valence-electron chi connectivity index (χ2n) is 9.82. The van der Waals surface area contributed by atoms with Gasteiger partial charge in [-0.3, -0.25) is 4.79 Å². The van der Waals surface area contributed by atoms with Crippen molar-refractivity contribution in [1.29, 1.82) is 0 Å². The van der Waals surface area contributed by atoms with Gasteiger partial charge in [0.1, 0.15) is 10.6 Å². The number of aromatic nitrogens is 1. The third-order valence-corrected chi connectivity index (χ3v) is 9.18. The maximum absolute atomic E-state index is 14.2. The fourth-order valence-corrected chi connectivity index (χ4v) is 7.03. The van der Waals surface area contributed by atoms with E-state index in [2.05, 4.69) is 10.3 Å². The number of fused-ring (bicyclic) bond motifs is 1. The molecule has 0 unspecified atom stereocenters. The molecule has 0 spiro atoms. The van der Waals surface area contributed by atoms with Crippen molar-refractivity contribution in [1.82, 2.24) is 15.2 Å². The minimum atomic E-state index is -0.521. The molecule has 5 nitrogen and oxygen atoms in total. The van der Waals surface area contributed by atoms with Gasteiger partial charge in [-0.2, -0.15) is 4.39 Å². The lowest BCUT2D eigenvalue weighted by Crippen LogP contribution is -2.44. The first-order valence-electron chi connectivity index (χ1n) is 12.8. The van der Waals surface area contributed by atoms with Gasteiger partial charge in [-0.05, 0) is 81.1 Å². The van der Waals surface area contributed by atoms with Crippen molar-refractivity contribution in [2.24, 2.45) is 0 Å². The Morgan fingerprint density at radius 1 is 1.16 bits per heavy atom. The van der Waals surface area contributed by atoms with E-state index >= 15 is 0 Å². The molecule has 0 radical (unpaired) electrons. The van der Waals surface area contributed by atoms with Crippen LogP contribution in [0.15, 0.2) is 54.7 Å². The summed E-state index contributed by atoms with van der Waals surface area (Å²) in [5, 5.41) is 4.86. The average molecular weight is 552 g/mol. The van der Waals surface area contributed by atoms with Crippen molar-refractivity contribution < 1.29 is 13.9 Å². The number of rotatable bonds is 7. The van der Waals surface area contributed by atoms with Crippen molar-refractivity contribution in [3.63, 3.8) is 0 Å². The quantitative estimate of drug-likeness (QED) is 0.246. The van der Waals surface area contributed by atoms with Crippen molar-refractivity contribution in [3.8, 4) is 16.9 Å². The van der Waals surface area contributed by atoms with E-state index in [1.54, 1.807) is 13.2 Å². The number of aryl methyl sites for hydroxylation is 1. The van der Waals surface area contributed by atoms with Gasteiger partial charge < -0.3 is 15.0 Å². The lowest BCUT2D eigenvalue weighted by molar-refractivity contribution is 0.0604. The zero-order valence-corrected chi connectivity index (χ0v) is 23.3. The lowest BCUT2D eigenvalue weighted by atomic mass is 9.89. The normalized spacial score (nSPS) is 17.5. The molecule has 0 atom stereocenters. The number of methoxy groups -OCH3 is 1. The lowest BCUT2D eigenvalue weighted by Gasteiger charge is -2.37. The summed E-state index contributed by atoms with van der Waals surface area (Å²) in [7, 11) is 3.63. The second-order valence-corrected chi connectivity index (χ2v) is 11.2. The van der Waals surface area contributed by atoms with Gasteiger partial charge in [-0.25, -0.2) is 4.98 Å². The third kappa shape index (κ3) is 5.28. The van der Waals surface area contributed by atoms with E-state index in [-0.39, 0.29) is 11.9 Å². The molecule has 0 bridgehead atoms. The Hall–Kier alpha value is -3.00. The summed E-state index contributed by atoms with van der Waals surface area (Å²) in [6, 6.07) is 15.4. The highest BCUT2D eigenvalue weighted by molar-refractivity contribution is 7.21. The maximum atomic E-state index is 14.2. The fraction of sp³-hybridized carbons (Fsp3) is 0.333. The Kier molecular flexibility index (Phi) is 7.98. The number of nitrogens with one attached hydrogen (secondary N) is 1. The van der Waals surface area contributed by atoms with E-state index in [9.17, 15) is 9.18 Å². The molecule has 1 N–H and O–H groups in total. The van der Waals surface area contributed by atoms with Gasteiger partial charge in [0.2, 0.25) is 5.95 Å². The number of hydrogen-bond donors (Lipinski definition) is 1. The molecule has 2 aromatic heterocycles. The van der Waals surface area contributed by atoms with Crippen LogP contribution >= 0.6 is 22.9 Å². The van der Waals surface area contributed by atoms with Gasteiger partial charge >= 0.3 is 0 Å². The van der Waals surface area contributed by atoms with E-state index in [0.29, 0.717) is 28.2 Å². The number of pyridine rings is 1. The summed E-state index contributed by atoms with van der Waals surface area (Å²) in [4.78, 5) is 20.6. The first-order valence-corrected chi connectivity index (χ1v) is 14.0. The molecule has 4 aromatic rings. The molecular formula is C30H31ClFN3O2S. The van der Waals surface area contributed by atoms with Gasteiger partial charge in [0.05, 0.1) is 12.1 Å². The monoisotopic (exact) mass is 551 g/mol. The van der Waals surface area contributed by atoms with Crippen LogP contribution in [0.1, 0.15) is 46.5 Å². The van der Waals surface area contributed by atoms with Crippen LogP contribution in [0.2, 0.25) is 5.02 Å². The predicted molar refractivity (Wildman–Crippen MR) is 153 cm³/mol. The van der Waals surface area contributed by atoms with Crippen LogP contribution < -0.4 is 10.1 Å². The largest absolute Gasteiger partial charge is 0.496 e. The topological polar surface area (TPSA) is 54.5 Å².